The molecule has 178 valence electrons. The smallest absolute Gasteiger partial charge is 0.327 e. The van der Waals surface area contributed by atoms with Gasteiger partial charge in [-0.05, 0) is 56.1 Å². The average Bonchev–Trinajstić information content (AvgIpc) is 2.80. The van der Waals surface area contributed by atoms with E-state index in [1.165, 1.54) is 14.2 Å². The van der Waals surface area contributed by atoms with E-state index in [-0.39, 0.29) is 23.5 Å². The van der Waals surface area contributed by atoms with Crippen LogP contribution < -0.4 is 15.4 Å². The summed E-state index contributed by atoms with van der Waals surface area (Å²) in [6.07, 6.45) is 0.852. The fourth-order valence-electron chi connectivity index (χ4n) is 3.37. The lowest BCUT2D eigenvalue weighted by atomic mass is 9.99. The molecule has 9 nitrogen and oxygen atoms in total. The molecule has 0 saturated heterocycles. The number of benzene rings is 2. The fraction of sp³-hybridized carbons (Fsp3) is 0.375. The first-order chi connectivity index (χ1) is 15.8. The van der Waals surface area contributed by atoms with E-state index >= 15 is 0 Å². The largest absolute Gasteiger partial charge is 0.504 e. The number of rotatable bonds is 13. The SMILES string of the molecule is COC(=O)C(C)Nc1ccccc1C(=O)[C@H](CC(=O)O)NCCCc1ccc(OC)c(O)c1. The van der Waals surface area contributed by atoms with Crippen molar-refractivity contribution in [3.63, 3.8) is 0 Å². The molecular weight excluding hydrogens is 428 g/mol. The monoisotopic (exact) mass is 458 g/mol. The Kier molecular flexibility index (Phi) is 9.68. The van der Waals surface area contributed by atoms with Crippen LogP contribution in [0.25, 0.3) is 0 Å². The number of anilines is 1. The van der Waals surface area contributed by atoms with E-state index in [0.29, 0.717) is 30.8 Å². The molecule has 0 aliphatic rings. The average molecular weight is 459 g/mol. The number of hydrogen-bond acceptors (Lipinski definition) is 8. The van der Waals surface area contributed by atoms with Gasteiger partial charge in [0.2, 0.25) is 0 Å². The number of aryl methyl sites for hydroxylation is 1. The zero-order chi connectivity index (χ0) is 24.4. The van der Waals surface area contributed by atoms with Gasteiger partial charge in [0.05, 0.1) is 26.7 Å². The first-order valence-electron chi connectivity index (χ1n) is 10.6. The second-order valence-corrected chi connectivity index (χ2v) is 7.51. The maximum absolute atomic E-state index is 13.2. The predicted octanol–water partition coefficient (Wildman–Crippen LogP) is 2.62. The Labute approximate surface area is 192 Å². The molecule has 2 aromatic carbocycles. The summed E-state index contributed by atoms with van der Waals surface area (Å²) < 4.78 is 9.74. The number of methoxy groups -OCH3 is 2. The maximum Gasteiger partial charge on any atom is 0.327 e. The second-order valence-electron chi connectivity index (χ2n) is 7.51. The van der Waals surface area contributed by atoms with Gasteiger partial charge in [-0.3, -0.25) is 9.59 Å². The van der Waals surface area contributed by atoms with Crippen molar-refractivity contribution in [1.82, 2.24) is 5.32 Å². The number of aliphatic carboxylic acids is 1. The quantitative estimate of drug-likeness (QED) is 0.203. The molecule has 2 atom stereocenters. The normalized spacial score (nSPS) is 12.5. The Hall–Kier alpha value is -3.59. The number of esters is 1. The molecule has 9 heteroatoms. The Morgan fingerprint density at radius 3 is 2.45 bits per heavy atom. The first kappa shape index (κ1) is 25.7. The molecule has 0 heterocycles. The highest BCUT2D eigenvalue weighted by Crippen LogP contribution is 2.26. The van der Waals surface area contributed by atoms with E-state index in [9.17, 15) is 24.6 Å². The van der Waals surface area contributed by atoms with Gasteiger partial charge in [-0.15, -0.1) is 0 Å². The molecule has 0 amide bonds. The zero-order valence-corrected chi connectivity index (χ0v) is 19.0. The summed E-state index contributed by atoms with van der Waals surface area (Å²) in [5, 5.41) is 25.2. The van der Waals surface area contributed by atoms with Crippen LogP contribution in [0.15, 0.2) is 42.5 Å². The van der Waals surface area contributed by atoms with Crippen molar-refractivity contribution in [3.05, 3.63) is 53.6 Å². The van der Waals surface area contributed by atoms with E-state index in [1.54, 1.807) is 43.3 Å². The highest BCUT2D eigenvalue weighted by Gasteiger charge is 2.25. The van der Waals surface area contributed by atoms with Crippen molar-refractivity contribution in [3.8, 4) is 11.5 Å². The second kappa shape index (κ2) is 12.4. The number of nitrogens with one attached hydrogen (secondary N) is 2. The summed E-state index contributed by atoms with van der Waals surface area (Å²) in [5.41, 5.74) is 1.60. The maximum atomic E-state index is 13.2. The minimum absolute atomic E-state index is 0.0483. The highest BCUT2D eigenvalue weighted by molar-refractivity contribution is 6.06. The number of aromatic hydroxyl groups is 1. The molecule has 0 spiro atoms. The van der Waals surface area contributed by atoms with Gasteiger partial charge in [0.25, 0.3) is 0 Å². The van der Waals surface area contributed by atoms with Gasteiger partial charge in [-0.2, -0.15) is 0 Å². The Balaban J connectivity index is 2.06. The van der Waals surface area contributed by atoms with Crippen molar-refractivity contribution in [1.29, 1.82) is 0 Å². The minimum atomic E-state index is -1.10. The lowest BCUT2D eigenvalue weighted by molar-refractivity contribution is -0.141. The van der Waals surface area contributed by atoms with Gasteiger partial charge in [0, 0.05) is 11.3 Å². The third kappa shape index (κ3) is 7.50. The van der Waals surface area contributed by atoms with E-state index in [4.69, 9.17) is 9.47 Å². The number of carbonyl (C=O) groups excluding carboxylic acids is 2. The van der Waals surface area contributed by atoms with Gasteiger partial charge in [0.1, 0.15) is 6.04 Å². The number of Topliss-reactive ketones (excluding diaryl/α,β-unsaturated/α-hetero) is 1. The third-order valence-corrected chi connectivity index (χ3v) is 5.09. The van der Waals surface area contributed by atoms with E-state index in [0.717, 1.165) is 5.56 Å². The van der Waals surface area contributed by atoms with Crippen molar-refractivity contribution in [2.24, 2.45) is 0 Å². The fourth-order valence-corrected chi connectivity index (χ4v) is 3.37. The van der Waals surface area contributed by atoms with Crippen molar-refractivity contribution < 1.29 is 34.1 Å². The van der Waals surface area contributed by atoms with Crippen LogP contribution in [-0.2, 0) is 20.7 Å². The van der Waals surface area contributed by atoms with E-state index < -0.39 is 24.0 Å². The van der Waals surface area contributed by atoms with E-state index in [1.807, 2.05) is 6.07 Å². The summed E-state index contributed by atoms with van der Waals surface area (Å²) in [4.78, 5) is 36.3. The number of phenolic OH excluding ortho intramolecular Hbond substituents is 1. The van der Waals surface area contributed by atoms with Crippen LogP contribution in [0.3, 0.4) is 0 Å². The molecule has 33 heavy (non-hydrogen) atoms. The minimum Gasteiger partial charge on any atom is -0.504 e. The first-order valence-corrected chi connectivity index (χ1v) is 10.6. The summed E-state index contributed by atoms with van der Waals surface area (Å²) in [6, 6.07) is 10.1. The molecular formula is C24H30N2O7. The van der Waals surface area contributed by atoms with Gasteiger partial charge >= 0.3 is 11.9 Å². The number of para-hydroxylation sites is 1. The number of hydrogen-bond donors (Lipinski definition) is 4. The van der Waals surface area contributed by atoms with Crippen LogP contribution in [0.5, 0.6) is 11.5 Å². The molecule has 2 aromatic rings. The van der Waals surface area contributed by atoms with Crippen molar-refractivity contribution in [2.75, 3.05) is 26.1 Å². The van der Waals surface area contributed by atoms with Crippen LogP contribution in [0, 0.1) is 0 Å². The van der Waals surface area contributed by atoms with Crippen LogP contribution in [0.2, 0.25) is 0 Å². The molecule has 0 aliphatic heterocycles. The van der Waals surface area contributed by atoms with Crippen molar-refractivity contribution >= 4 is 23.4 Å². The molecule has 0 fully saturated rings. The number of carboxylic acid groups (broad SMARTS) is 1. The lowest BCUT2D eigenvalue weighted by Crippen LogP contribution is -2.40. The number of ether oxygens (including phenoxy) is 2. The molecule has 0 aliphatic carbocycles. The van der Waals surface area contributed by atoms with E-state index in [2.05, 4.69) is 10.6 Å². The van der Waals surface area contributed by atoms with Gasteiger partial charge in [-0.25, -0.2) is 4.79 Å². The lowest BCUT2D eigenvalue weighted by Gasteiger charge is -2.20. The van der Waals surface area contributed by atoms with Crippen LogP contribution in [0.4, 0.5) is 5.69 Å². The molecule has 0 aromatic heterocycles. The summed E-state index contributed by atoms with van der Waals surface area (Å²) in [6.45, 7) is 2.00. The van der Waals surface area contributed by atoms with Crippen LogP contribution in [-0.4, -0.2) is 60.8 Å². The molecule has 0 saturated carbocycles. The topological polar surface area (TPSA) is 134 Å². The molecule has 0 radical (unpaired) electrons. The van der Waals surface area contributed by atoms with Gasteiger partial charge < -0.3 is 30.3 Å². The Bertz CT molecular complexity index is 977. The number of phenols is 1. The Morgan fingerprint density at radius 1 is 1.09 bits per heavy atom. The Morgan fingerprint density at radius 2 is 1.82 bits per heavy atom. The molecule has 2 rings (SSSR count). The summed E-state index contributed by atoms with van der Waals surface area (Å²) in [7, 11) is 2.75. The number of carboxylic acids is 1. The molecule has 0 bridgehead atoms. The van der Waals surface area contributed by atoms with Gasteiger partial charge in [-0.1, -0.05) is 18.2 Å². The summed E-state index contributed by atoms with van der Waals surface area (Å²) >= 11 is 0. The number of carbonyl (C=O) groups is 3. The van der Waals surface area contributed by atoms with Crippen molar-refractivity contribution in [2.45, 2.75) is 38.3 Å². The predicted molar refractivity (Wildman–Crippen MR) is 123 cm³/mol. The highest BCUT2D eigenvalue weighted by atomic mass is 16.5. The number of ketones is 1. The van der Waals surface area contributed by atoms with Crippen LogP contribution in [0.1, 0.15) is 35.7 Å². The summed E-state index contributed by atoms with van der Waals surface area (Å²) in [5.74, 6) is -1.54. The van der Waals surface area contributed by atoms with Gasteiger partial charge in [0.15, 0.2) is 17.3 Å². The third-order valence-electron chi connectivity index (χ3n) is 5.09. The van der Waals surface area contributed by atoms with Crippen LogP contribution >= 0.6 is 0 Å². The standard InChI is InChI=1S/C24H30N2O7/c1-15(24(31)33-3)26-18-9-5-4-8-17(18)23(30)19(14-22(28)29)25-12-6-7-16-10-11-21(32-2)20(27)13-16/h4-5,8-11,13,15,19,25-27H,6-7,12,14H2,1-3H3,(H,28,29)/t15?,19-/m0/s1. The zero-order valence-electron chi connectivity index (χ0n) is 19.0. The molecule has 1 unspecified atom stereocenters. The molecule has 4 N–H and O–H groups in total.